The van der Waals surface area contributed by atoms with Gasteiger partial charge in [-0.05, 0) is 52.5 Å². The highest BCUT2D eigenvalue weighted by molar-refractivity contribution is 5.87. The summed E-state index contributed by atoms with van der Waals surface area (Å²) in [5, 5.41) is 16.0. The van der Waals surface area contributed by atoms with Crippen LogP contribution in [0.2, 0.25) is 0 Å². The molecule has 0 saturated carbocycles. The van der Waals surface area contributed by atoms with Gasteiger partial charge >= 0.3 is 5.65 Å². The first-order chi connectivity index (χ1) is 11.1. The molecule has 4 rings (SSSR count). The highest BCUT2D eigenvalue weighted by atomic mass is 16.5. The van der Waals surface area contributed by atoms with Crippen molar-refractivity contribution in [3.8, 4) is 11.3 Å². The minimum absolute atomic E-state index is 0.480. The molecule has 23 heavy (non-hydrogen) atoms. The van der Waals surface area contributed by atoms with E-state index in [1.54, 1.807) is 0 Å². The minimum atomic E-state index is 0.480. The highest BCUT2D eigenvalue weighted by Gasteiger charge is 2.14. The summed E-state index contributed by atoms with van der Waals surface area (Å²) in [6.45, 7) is 3.92. The molecule has 0 spiro atoms. The lowest BCUT2D eigenvalue weighted by molar-refractivity contribution is -0.567. The number of hydrogen-bond donors (Lipinski definition) is 0. The second-order valence-corrected chi connectivity index (χ2v) is 5.89. The zero-order chi connectivity index (χ0) is 16.0. The predicted molar refractivity (Wildman–Crippen MR) is 93.1 cm³/mol. The van der Waals surface area contributed by atoms with Crippen LogP contribution in [0.3, 0.4) is 0 Å². The monoisotopic (exact) mass is 300 g/mol. The van der Waals surface area contributed by atoms with Gasteiger partial charge in [-0.15, -0.1) is 0 Å². The summed E-state index contributed by atoms with van der Waals surface area (Å²) >= 11 is 0. The summed E-state index contributed by atoms with van der Waals surface area (Å²) in [6, 6.07) is 20.1. The summed E-state index contributed by atoms with van der Waals surface area (Å²) in [5.41, 5.74) is 3.94. The molecule has 2 heterocycles. The molecule has 0 aliphatic carbocycles. The van der Waals surface area contributed by atoms with Gasteiger partial charge < -0.3 is 5.21 Å². The Morgan fingerprint density at radius 2 is 1.65 bits per heavy atom. The van der Waals surface area contributed by atoms with E-state index in [0.717, 1.165) is 32.3 Å². The first-order valence-electron chi connectivity index (χ1n) is 7.63. The van der Waals surface area contributed by atoms with Crippen LogP contribution >= 0.6 is 0 Å². The lowest BCUT2D eigenvalue weighted by Crippen LogP contribution is -2.31. The van der Waals surface area contributed by atoms with Crippen molar-refractivity contribution in [2.24, 2.45) is 0 Å². The Morgan fingerprint density at radius 3 is 2.48 bits per heavy atom. The second-order valence-electron chi connectivity index (χ2n) is 5.89. The average Bonchev–Trinajstić information content (AvgIpc) is 2.55. The van der Waals surface area contributed by atoms with Gasteiger partial charge in [0.25, 0.3) is 0 Å². The molecule has 0 radical (unpaired) electrons. The van der Waals surface area contributed by atoms with Crippen molar-refractivity contribution in [2.75, 3.05) is 0 Å². The molecule has 0 aliphatic rings. The zero-order valence-corrected chi connectivity index (χ0v) is 13.1. The quantitative estimate of drug-likeness (QED) is 0.388. The number of aromatic nitrogens is 2. The number of fused-ring (bicyclic) bond motifs is 2. The average molecular weight is 300 g/mol. The number of rotatable bonds is 1. The summed E-state index contributed by atoms with van der Waals surface area (Å²) in [5.74, 6) is 0. The second kappa shape index (κ2) is 5.06. The Kier molecular flexibility index (Phi) is 3.01. The summed E-state index contributed by atoms with van der Waals surface area (Å²) in [6.07, 6.45) is 0. The van der Waals surface area contributed by atoms with E-state index in [9.17, 15) is 5.21 Å². The van der Waals surface area contributed by atoms with Crippen LogP contribution in [-0.2, 0) is 0 Å². The first-order valence-corrected chi connectivity index (χ1v) is 7.63. The Labute approximate surface area is 134 Å². The van der Waals surface area contributed by atoms with Crippen LogP contribution in [-0.4, -0.2) is 4.98 Å². The number of benzene rings is 2. The van der Waals surface area contributed by atoms with Crippen molar-refractivity contribution >= 4 is 21.8 Å². The van der Waals surface area contributed by atoms with E-state index in [1.807, 2.05) is 62.4 Å². The van der Waals surface area contributed by atoms with Gasteiger partial charge in [0, 0.05) is 12.5 Å². The highest BCUT2D eigenvalue weighted by Crippen LogP contribution is 2.24. The Hall–Kier alpha value is -2.94. The van der Waals surface area contributed by atoms with Crippen molar-refractivity contribution in [3.63, 3.8) is 0 Å². The number of nitrogens with zero attached hydrogens (tertiary/aromatic N) is 2. The molecule has 3 heteroatoms. The van der Waals surface area contributed by atoms with Crippen molar-refractivity contribution < 1.29 is 4.73 Å². The molecule has 2 aromatic carbocycles. The number of aryl methyl sites for hydroxylation is 2. The van der Waals surface area contributed by atoms with Crippen LogP contribution < -0.4 is 4.73 Å². The molecule has 0 aliphatic heterocycles. The first kappa shape index (κ1) is 13.7. The molecule has 0 N–H and O–H groups in total. The SMILES string of the molecule is Cc1cc(C)c2ccc(-c3ccc4ccccc4c3)[n+]([O-])c2n1. The molecule has 0 saturated heterocycles. The van der Waals surface area contributed by atoms with Crippen LogP contribution in [0.1, 0.15) is 11.3 Å². The standard InChI is InChI=1S/C20H16N2O/c1-13-11-14(2)21-20-18(13)9-10-19(22(20)23)17-8-7-15-5-3-4-6-16(15)12-17/h3-12H,1-2H3. The normalized spacial score (nSPS) is 11.2. The third-order valence-electron chi connectivity index (χ3n) is 4.24. The molecule has 0 fully saturated rings. The third kappa shape index (κ3) is 2.21. The van der Waals surface area contributed by atoms with E-state index in [4.69, 9.17) is 0 Å². The zero-order valence-electron chi connectivity index (χ0n) is 13.1. The van der Waals surface area contributed by atoms with E-state index in [0.29, 0.717) is 11.3 Å². The molecule has 112 valence electrons. The molecule has 4 aromatic rings. The van der Waals surface area contributed by atoms with Crippen LogP contribution in [0.25, 0.3) is 33.1 Å². The maximum absolute atomic E-state index is 12.8. The van der Waals surface area contributed by atoms with E-state index in [2.05, 4.69) is 17.1 Å². The fourth-order valence-corrected chi connectivity index (χ4v) is 3.09. The molecule has 2 aromatic heterocycles. The van der Waals surface area contributed by atoms with Crippen LogP contribution in [0.15, 0.2) is 60.7 Å². The van der Waals surface area contributed by atoms with Gasteiger partial charge in [0.1, 0.15) is 11.4 Å². The summed E-state index contributed by atoms with van der Waals surface area (Å²) in [7, 11) is 0. The predicted octanol–water partition coefficient (Wildman–Crippen LogP) is 4.31. The Balaban J connectivity index is 1.98. The lowest BCUT2D eigenvalue weighted by Gasteiger charge is -2.12. The van der Waals surface area contributed by atoms with Crippen molar-refractivity contribution in [1.82, 2.24) is 4.98 Å². The largest absolute Gasteiger partial charge is 0.710 e. The van der Waals surface area contributed by atoms with Crippen molar-refractivity contribution in [3.05, 3.63) is 77.1 Å². The Bertz CT molecular complexity index is 1050. The molecule has 0 atom stereocenters. The van der Waals surface area contributed by atoms with Crippen molar-refractivity contribution in [2.45, 2.75) is 13.8 Å². The third-order valence-corrected chi connectivity index (χ3v) is 4.24. The van der Waals surface area contributed by atoms with Crippen molar-refractivity contribution in [1.29, 1.82) is 0 Å². The van der Waals surface area contributed by atoms with Gasteiger partial charge in [-0.2, -0.15) is 0 Å². The van der Waals surface area contributed by atoms with Crippen LogP contribution in [0.5, 0.6) is 0 Å². The van der Waals surface area contributed by atoms with Gasteiger partial charge in [-0.1, -0.05) is 36.4 Å². The van der Waals surface area contributed by atoms with Gasteiger partial charge in [-0.25, -0.2) is 4.73 Å². The van der Waals surface area contributed by atoms with E-state index < -0.39 is 0 Å². The molecule has 3 nitrogen and oxygen atoms in total. The summed E-state index contributed by atoms with van der Waals surface area (Å²) in [4.78, 5) is 4.43. The van der Waals surface area contributed by atoms with Gasteiger partial charge in [0.15, 0.2) is 0 Å². The number of pyridine rings is 2. The van der Waals surface area contributed by atoms with E-state index in [1.165, 1.54) is 5.39 Å². The fourth-order valence-electron chi connectivity index (χ4n) is 3.09. The lowest BCUT2D eigenvalue weighted by atomic mass is 10.0. The molecule has 0 bridgehead atoms. The van der Waals surface area contributed by atoms with E-state index >= 15 is 0 Å². The van der Waals surface area contributed by atoms with Crippen LogP contribution in [0, 0.1) is 19.1 Å². The Morgan fingerprint density at radius 1 is 0.870 bits per heavy atom. The number of hydrogen-bond acceptors (Lipinski definition) is 2. The smallest absolute Gasteiger partial charge is 0.334 e. The molecule has 0 amide bonds. The molecule has 0 unspecified atom stereocenters. The van der Waals surface area contributed by atoms with Crippen LogP contribution in [0.4, 0.5) is 0 Å². The molecular weight excluding hydrogens is 284 g/mol. The minimum Gasteiger partial charge on any atom is -0.710 e. The maximum Gasteiger partial charge on any atom is 0.334 e. The van der Waals surface area contributed by atoms with Gasteiger partial charge in [-0.3, -0.25) is 0 Å². The fraction of sp³-hybridized carbons (Fsp3) is 0.100. The van der Waals surface area contributed by atoms with Gasteiger partial charge in [0.05, 0.1) is 5.39 Å². The van der Waals surface area contributed by atoms with E-state index in [-0.39, 0.29) is 0 Å². The molecular formula is C20H16N2O. The topological polar surface area (TPSA) is 39.8 Å². The summed E-state index contributed by atoms with van der Waals surface area (Å²) < 4.78 is 0.944. The maximum atomic E-state index is 12.8. The van der Waals surface area contributed by atoms with Gasteiger partial charge in [0.2, 0.25) is 0 Å².